The first kappa shape index (κ1) is 21.2. The summed E-state index contributed by atoms with van der Waals surface area (Å²) in [5.41, 5.74) is 1.12. The van der Waals surface area contributed by atoms with Crippen LogP contribution < -0.4 is 4.72 Å². The van der Waals surface area contributed by atoms with Crippen LogP contribution in [0, 0.1) is 19.7 Å². The monoisotopic (exact) mass is 434 g/mol. The van der Waals surface area contributed by atoms with Crippen molar-refractivity contribution in [3.05, 3.63) is 69.4 Å². The molecule has 0 aliphatic rings. The van der Waals surface area contributed by atoms with E-state index in [1.165, 1.54) is 18.3 Å². The zero-order valence-corrected chi connectivity index (χ0v) is 17.5. The smallest absolute Gasteiger partial charge is 0.240 e. The number of benzene rings is 1. The average Bonchev–Trinajstić information content (AvgIpc) is 3.10. The standard InChI is InChI=1S/C19H19FN4O3S2/c1-12-17(11-23-29(26,27)16-6-3-14(20)4-7-16)22-10-18(24-12)19(25)8-5-15-9-21-13(2)28-15/h3-4,6-7,9-10,23H,5,8,11H2,1-2H3. The summed E-state index contributed by atoms with van der Waals surface area (Å²) >= 11 is 1.55. The van der Waals surface area contributed by atoms with Gasteiger partial charge in [-0.05, 0) is 44.5 Å². The van der Waals surface area contributed by atoms with Crippen LogP contribution in [-0.2, 0) is 23.0 Å². The molecule has 0 unspecified atom stereocenters. The summed E-state index contributed by atoms with van der Waals surface area (Å²) < 4.78 is 39.9. The Kier molecular flexibility index (Phi) is 6.46. The molecule has 0 saturated carbocycles. The number of nitrogens with one attached hydrogen (secondary N) is 1. The number of hydrogen-bond donors (Lipinski definition) is 1. The second-order valence-electron chi connectivity index (χ2n) is 6.33. The summed E-state index contributed by atoms with van der Waals surface area (Å²) in [6.07, 6.45) is 4.01. The van der Waals surface area contributed by atoms with Gasteiger partial charge in [-0.1, -0.05) is 0 Å². The summed E-state index contributed by atoms with van der Waals surface area (Å²) in [4.78, 5) is 26.0. The molecule has 0 atom stereocenters. The van der Waals surface area contributed by atoms with E-state index in [0.717, 1.165) is 22.0 Å². The van der Waals surface area contributed by atoms with E-state index in [1.54, 1.807) is 24.5 Å². The molecule has 0 fully saturated rings. The lowest BCUT2D eigenvalue weighted by molar-refractivity contribution is 0.0977. The normalized spacial score (nSPS) is 11.6. The van der Waals surface area contributed by atoms with Gasteiger partial charge in [-0.25, -0.2) is 27.5 Å². The molecule has 0 radical (unpaired) electrons. The maximum absolute atomic E-state index is 13.0. The maximum Gasteiger partial charge on any atom is 0.240 e. The molecule has 3 aromatic rings. The van der Waals surface area contributed by atoms with E-state index in [1.807, 2.05) is 6.92 Å². The number of rotatable bonds is 8. The lowest BCUT2D eigenvalue weighted by Crippen LogP contribution is -2.24. The van der Waals surface area contributed by atoms with E-state index in [-0.39, 0.29) is 22.9 Å². The first-order valence-corrected chi connectivity index (χ1v) is 11.1. The average molecular weight is 435 g/mol. The molecule has 0 aliphatic carbocycles. The van der Waals surface area contributed by atoms with Gasteiger partial charge in [0, 0.05) is 17.5 Å². The van der Waals surface area contributed by atoms with Gasteiger partial charge in [-0.3, -0.25) is 9.78 Å². The first-order chi connectivity index (χ1) is 13.7. The van der Waals surface area contributed by atoms with Crippen molar-refractivity contribution in [2.24, 2.45) is 0 Å². The van der Waals surface area contributed by atoms with Crippen molar-refractivity contribution in [1.29, 1.82) is 0 Å². The highest BCUT2D eigenvalue weighted by Gasteiger charge is 2.16. The molecule has 1 N–H and O–H groups in total. The largest absolute Gasteiger partial charge is 0.292 e. The topological polar surface area (TPSA) is 102 Å². The quantitative estimate of drug-likeness (QED) is 0.547. The molecular formula is C19H19FN4O3S2. The number of carbonyl (C=O) groups excluding carboxylic acids is 1. The number of carbonyl (C=O) groups is 1. The number of aromatic nitrogens is 3. The van der Waals surface area contributed by atoms with Gasteiger partial charge >= 0.3 is 0 Å². The van der Waals surface area contributed by atoms with Crippen molar-refractivity contribution in [2.45, 2.75) is 38.1 Å². The predicted octanol–water partition coefficient (Wildman–Crippen LogP) is 2.98. The van der Waals surface area contributed by atoms with E-state index in [4.69, 9.17) is 0 Å². The maximum atomic E-state index is 13.0. The molecule has 3 rings (SSSR count). The highest BCUT2D eigenvalue weighted by Crippen LogP contribution is 2.15. The minimum absolute atomic E-state index is 0.0467. The number of sulfonamides is 1. The Bertz CT molecular complexity index is 1130. The van der Waals surface area contributed by atoms with Gasteiger partial charge in [0.2, 0.25) is 10.0 Å². The molecule has 0 aliphatic heterocycles. The van der Waals surface area contributed by atoms with Crippen LogP contribution in [0.2, 0.25) is 0 Å². The summed E-state index contributed by atoms with van der Waals surface area (Å²) in [6.45, 7) is 3.48. The zero-order valence-electron chi connectivity index (χ0n) is 15.8. The Balaban J connectivity index is 1.63. The molecule has 29 heavy (non-hydrogen) atoms. The minimum Gasteiger partial charge on any atom is -0.292 e. The van der Waals surface area contributed by atoms with Crippen LogP contribution >= 0.6 is 11.3 Å². The molecular weight excluding hydrogens is 415 g/mol. The number of Topliss-reactive ketones (excluding diaryl/α,β-unsaturated/α-hetero) is 1. The van der Waals surface area contributed by atoms with E-state index in [2.05, 4.69) is 19.7 Å². The van der Waals surface area contributed by atoms with E-state index < -0.39 is 15.8 Å². The number of thiazole rings is 1. The molecule has 0 spiro atoms. The van der Waals surface area contributed by atoms with Crippen molar-refractivity contribution in [1.82, 2.24) is 19.7 Å². The predicted molar refractivity (Wildman–Crippen MR) is 107 cm³/mol. The highest BCUT2D eigenvalue weighted by molar-refractivity contribution is 7.89. The van der Waals surface area contributed by atoms with Gasteiger partial charge in [-0.2, -0.15) is 0 Å². The van der Waals surface area contributed by atoms with E-state index >= 15 is 0 Å². The SMILES string of the molecule is Cc1ncc(CCC(=O)c2cnc(CNS(=O)(=O)c3ccc(F)cc3)c(C)n2)s1. The number of nitrogens with zero attached hydrogens (tertiary/aromatic N) is 3. The molecule has 2 heterocycles. The Morgan fingerprint density at radius 1 is 1.14 bits per heavy atom. The summed E-state index contributed by atoms with van der Waals surface area (Å²) in [6, 6.07) is 4.52. The number of hydrogen-bond acceptors (Lipinski definition) is 7. The summed E-state index contributed by atoms with van der Waals surface area (Å²) in [5, 5.41) is 0.954. The van der Waals surface area contributed by atoms with Gasteiger partial charge in [0.25, 0.3) is 0 Å². The van der Waals surface area contributed by atoms with Crippen LogP contribution in [0.4, 0.5) is 4.39 Å². The third-order valence-corrected chi connectivity index (χ3v) is 6.55. The van der Waals surface area contributed by atoms with Gasteiger partial charge < -0.3 is 0 Å². The van der Waals surface area contributed by atoms with Gasteiger partial charge in [-0.15, -0.1) is 11.3 Å². The van der Waals surface area contributed by atoms with Crippen molar-refractivity contribution >= 4 is 27.1 Å². The fraction of sp³-hybridized carbons (Fsp3) is 0.263. The molecule has 2 aromatic heterocycles. The lowest BCUT2D eigenvalue weighted by Gasteiger charge is -2.09. The van der Waals surface area contributed by atoms with Crippen LogP contribution in [0.15, 0.2) is 41.6 Å². The van der Waals surface area contributed by atoms with Crippen molar-refractivity contribution in [2.75, 3.05) is 0 Å². The van der Waals surface area contributed by atoms with Crippen molar-refractivity contribution in [3.8, 4) is 0 Å². The Hall–Kier alpha value is -2.56. The van der Waals surface area contributed by atoms with Crippen LogP contribution in [0.1, 0.15) is 38.2 Å². The van der Waals surface area contributed by atoms with Gasteiger partial charge in [0.15, 0.2) is 5.78 Å². The lowest BCUT2D eigenvalue weighted by atomic mass is 10.1. The molecule has 0 amide bonds. The van der Waals surface area contributed by atoms with Crippen molar-refractivity contribution < 1.29 is 17.6 Å². The Morgan fingerprint density at radius 2 is 1.86 bits per heavy atom. The first-order valence-electron chi connectivity index (χ1n) is 8.77. The van der Waals surface area contributed by atoms with E-state index in [9.17, 15) is 17.6 Å². The molecule has 10 heteroatoms. The number of aryl methyl sites for hydroxylation is 3. The van der Waals surface area contributed by atoms with Crippen molar-refractivity contribution in [3.63, 3.8) is 0 Å². The fourth-order valence-corrected chi connectivity index (χ4v) is 4.34. The van der Waals surface area contributed by atoms with Crippen LogP contribution in [-0.4, -0.2) is 29.2 Å². The van der Waals surface area contributed by atoms with Crippen LogP contribution in [0.5, 0.6) is 0 Å². The molecule has 7 nitrogen and oxygen atoms in total. The fourth-order valence-electron chi connectivity index (χ4n) is 2.56. The third-order valence-electron chi connectivity index (χ3n) is 4.16. The summed E-state index contributed by atoms with van der Waals surface area (Å²) in [7, 11) is -3.81. The Labute approximate surface area is 172 Å². The third kappa shape index (κ3) is 5.49. The summed E-state index contributed by atoms with van der Waals surface area (Å²) in [5.74, 6) is -0.651. The number of halogens is 1. The minimum atomic E-state index is -3.81. The molecule has 0 saturated heterocycles. The van der Waals surface area contributed by atoms with Crippen LogP contribution in [0.25, 0.3) is 0 Å². The second-order valence-corrected chi connectivity index (χ2v) is 9.42. The molecule has 0 bridgehead atoms. The zero-order chi connectivity index (χ0) is 21.0. The number of ketones is 1. The van der Waals surface area contributed by atoms with Gasteiger partial charge in [0.1, 0.15) is 11.5 Å². The van der Waals surface area contributed by atoms with Crippen LogP contribution in [0.3, 0.4) is 0 Å². The van der Waals surface area contributed by atoms with Gasteiger partial charge in [0.05, 0.1) is 34.0 Å². The second kappa shape index (κ2) is 8.85. The van der Waals surface area contributed by atoms with E-state index in [0.29, 0.717) is 24.2 Å². The Morgan fingerprint density at radius 3 is 2.48 bits per heavy atom. The molecule has 1 aromatic carbocycles. The molecule has 152 valence electrons. The highest BCUT2D eigenvalue weighted by atomic mass is 32.2.